The Hall–Kier alpha value is -3.07. The number of fused-ring (bicyclic) bond motifs is 3. The Kier molecular flexibility index (Phi) is 3.54. The van der Waals surface area contributed by atoms with Crippen LogP contribution >= 0.6 is 0 Å². The highest BCUT2D eigenvalue weighted by molar-refractivity contribution is 6.14. The van der Waals surface area contributed by atoms with Crippen LogP contribution in [0.5, 0.6) is 0 Å². The molecule has 0 aliphatic heterocycles. The van der Waals surface area contributed by atoms with Gasteiger partial charge in [0.25, 0.3) is 0 Å². The number of para-hydroxylation sites is 1. The number of esters is 1. The standard InChI is InChI=1S/C21H17NO2/c1-2-24-21(23)15-12-17(14-8-4-3-5-9-14)20-18(13-15)16-10-6-7-11-19(16)22-20/h3-13,22H,2H2,1H3. The number of aromatic amines is 1. The summed E-state index contributed by atoms with van der Waals surface area (Å²) in [5.41, 5.74) is 4.75. The molecular formula is C21H17NO2. The molecule has 4 rings (SSSR count). The maximum Gasteiger partial charge on any atom is 0.338 e. The van der Waals surface area contributed by atoms with Crippen LogP contribution in [-0.2, 0) is 4.74 Å². The predicted octanol–water partition coefficient (Wildman–Crippen LogP) is 5.16. The smallest absolute Gasteiger partial charge is 0.338 e. The zero-order chi connectivity index (χ0) is 16.5. The van der Waals surface area contributed by atoms with Crippen LogP contribution in [0.15, 0.2) is 66.7 Å². The predicted molar refractivity (Wildman–Crippen MR) is 97.2 cm³/mol. The molecule has 0 atom stereocenters. The Morgan fingerprint density at radius 1 is 0.958 bits per heavy atom. The maximum absolute atomic E-state index is 12.3. The van der Waals surface area contributed by atoms with E-state index in [0.717, 1.165) is 32.9 Å². The van der Waals surface area contributed by atoms with Gasteiger partial charge < -0.3 is 9.72 Å². The van der Waals surface area contributed by atoms with Gasteiger partial charge in [-0.15, -0.1) is 0 Å². The number of nitrogens with one attached hydrogen (secondary N) is 1. The van der Waals surface area contributed by atoms with Crippen molar-refractivity contribution >= 4 is 27.8 Å². The van der Waals surface area contributed by atoms with E-state index in [0.29, 0.717) is 12.2 Å². The summed E-state index contributed by atoms with van der Waals surface area (Å²) in [6, 6.07) is 22.0. The van der Waals surface area contributed by atoms with Crippen LogP contribution in [0.4, 0.5) is 0 Å². The second-order valence-corrected chi connectivity index (χ2v) is 5.70. The molecule has 0 unspecified atom stereocenters. The molecule has 0 amide bonds. The first kappa shape index (κ1) is 14.5. The van der Waals surface area contributed by atoms with Crippen LogP contribution in [0.1, 0.15) is 17.3 Å². The zero-order valence-corrected chi connectivity index (χ0v) is 13.4. The van der Waals surface area contributed by atoms with Gasteiger partial charge in [0.15, 0.2) is 0 Å². The Labute approximate surface area is 139 Å². The topological polar surface area (TPSA) is 42.1 Å². The lowest BCUT2D eigenvalue weighted by Crippen LogP contribution is -2.04. The van der Waals surface area contributed by atoms with Gasteiger partial charge >= 0.3 is 5.97 Å². The lowest BCUT2D eigenvalue weighted by molar-refractivity contribution is 0.0526. The second-order valence-electron chi connectivity index (χ2n) is 5.70. The summed E-state index contributed by atoms with van der Waals surface area (Å²) < 4.78 is 5.21. The number of ether oxygens (including phenoxy) is 1. The summed E-state index contributed by atoms with van der Waals surface area (Å²) in [6.45, 7) is 2.19. The van der Waals surface area contributed by atoms with Gasteiger partial charge in [0.1, 0.15) is 0 Å². The lowest BCUT2D eigenvalue weighted by atomic mass is 9.99. The molecule has 0 aliphatic carbocycles. The van der Waals surface area contributed by atoms with E-state index in [1.807, 2.05) is 55.5 Å². The van der Waals surface area contributed by atoms with Crippen molar-refractivity contribution in [3.8, 4) is 11.1 Å². The van der Waals surface area contributed by atoms with Crippen molar-refractivity contribution in [1.82, 2.24) is 4.98 Å². The summed E-state index contributed by atoms with van der Waals surface area (Å²) in [5, 5.41) is 2.14. The minimum atomic E-state index is -0.290. The number of hydrogen-bond acceptors (Lipinski definition) is 2. The largest absolute Gasteiger partial charge is 0.462 e. The maximum atomic E-state index is 12.3. The van der Waals surface area contributed by atoms with Gasteiger partial charge in [-0.1, -0.05) is 48.5 Å². The van der Waals surface area contributed by atoms with Crippen molar-refractivity contribution in [1.29, 1.82) is 0 Å². The molecule has 0 radical (unpaired) electrons. The molecule has 3 nitrogen and oxygen atoms in total. The first-order chi connectivity index (χ1) is 11.8. The van der Waals surface area contributed by atoms with E-state index in [2.05, 4.69) is 23.2 Å². The molecule has 0 fully saturated rings. The summed E-state index contributed by atoms with van der Waals surface area (Å²) in [6.07, 6.45) is 0. The molecule has 3 aromatic carbocycles. The van der Waals surface area contributed by atoms with Gasteiger partial charge in [-0.25, -0.2) is 4.79 Å². The lowest BCUT2D eigenvalue weighted by Gasteiger charge is -2.08. The molecule has 24 heavy (non-hydrogen) atoms. The monoisotopic (exact) mass is 315 g/mol. The average Bonchev–Trinajstić information content (AvgIpc) is 3.00. The van der Waals surface area contributed by atoms with Gasteiger partial charge in [0, 0.05) is 21.9 Å². The van der Waals surface area contributed by atoms with E-state index in [4.69, 9.17) is 4.74 Å². The minimum Gasteiger partial charge on any atom is -0.462 e. The van der Waals surface area contributed by atoms with Gasteiger partial charge in [-0.05, 0) is 30.7 Å². The van der Waals surface area contributed by atoms with E-state index in [-0.39, 0.29) is 5.97 Å². The number of rotatable bonds is 3. The summed E-state index contributed by atoms with van der Waals surface area (Å²) in [7, 11) is 0. The fraction of sp³-hybridized carbons (Fsp3) is 0.0952. The third-order valence-corrected chi connectivity index (χ3v) is 4.21. The third-order valence-electron chi connectivity index (χ3n) is 4.21. The van der Waals surface area contributed by atoms with Crippen LogP contribution in [0.2, 0.25) is 0 Å². The SMILES string of the molecule is CCOC(=O)c1cc(-c2ccccc2)c2[nH]c3ccccc3c2c1. The van der Waals surface area contributed by atoms with E-state index >= 15 is 0 Å². The molecule has 3 heteroatoms. The van der Waals surface area contributed by atoms with E-state index in [1.165, 1.54) is 0 Å². The molecule has 1 heterocycles. The summed E-state index contributed by atoms with van der Waals surface area (Å²) in [4.78, 5) is 15.8. The second kappa shape index (κ2) is 5.85. The molecule has 0 saturated carbocycles. The molecule has 0 saturated heterocycles. The van der Waals surface area contributed by atoms with Crippen LogP contribution in [0, 0.1) is 0 Å². The molecule has 0 spiro atoms. The van der Waals surface area contributed by atoms with Gasteiger partial charge in [0.05, 0.1) is 17.7 Å². The highest BCUT2D eigenvalue weighted by Crippen LogP contribution is 2.34. The minimum absolute atomic E-state index is 0.290. The first-order valence-corrected chi connectivity index (χ1v) is 8.05. The van der Waals surface area contributed by atoms with Gasteiger partial charge in [0.2, 0.25) is 0 Å². The zero-order valence-electron chi connectivity index (χ0n) is 13.4. The van der Waals surface area contributed by atoms with E-state index in [9.17, 15) is 4.79 Å². The quantitative estimate of drug-likeness (QED) is 0.530. The number of H-pyrrole nitrogens is 1. The average molecular weight is 315 g/mol. The highest BCUT2D eigenvalue weighted by atomic mass is 16.5. The highest BCUT2D eigenvalue weighted by Gasteiger charge is 2.15. The first-order valence-electron chi connectivity index (χ1n) is 8.05. The van der Waals surface area contributed by atoms with E-state index in [1.54, 1.807) is 0 Å². The van der Waals surface area contributed by atoms with E-state index < -0.39 is 0 Å². The Morgan fingerprint density at radius 2 is 1.71 bits per heavy atom. The molecule has 4 aromatic rings. The van der Waals surface area contributed by atoms with Crippen LogP contribution < -0.4 is 0 Å². The molecular weight excluding hydrogens is 298 g/mol. The number of carbonyl (C=O) groups is 1. The van der Waals surface area contributed by atoms with Crippen molar-refractivity contribution in [3.05, 3.63) is 72.3 Å². The van der Waals surface area contributed by atoms with Gasteiger partial charge in [-0.2, -0.15) is 0 Å². The normalized spacial score (nSPS) is 11.0. The fourth-order valence-electron chi connectivity index (χ4n) is 3.13. The van der Waals surface area contributed by atoms with Crippen molar-refractivity contribution in [2.24, 2.45) is 0 Å². The van der Waals surface area contributed by atoms with Crippen LogP contribution in [-0.4, -0.2) is 17.6 Å². The Balaban J connectivity index is 2.06. The summed E-state index contributed by atoms with van der Waals surface area (Å²) >= 11 is 0. The molecule has 1 N–H and O–H groups in total. The number of aromatic nitrogens is 1. The molecule has 0 bridgehead atoms. The Morgan fingerprint density at radius 3 is 2.50 bits per heavy atom. The van der Waals surface area contributed by atoms with Crippen molar-refractivity contribution in [2.45, 2.75) is 6.92 Å². The third kappa shape index (κ3) is 2.35. The molecule has 0 aliphatic rings. The molecule has 1 aromatic heterocycles. The van der Waals surface area contributed by atoms with Crippen LogP contribution in [0.25, 0.3) is 32.9 Å². The van der Waals surface area contributed by atoms with Crippen molar-refractivity contribution in [2.75, 3.05) is 6.61 Å². The number of carbonyl (C=O) groups excluding carboxylic acids is 1. The van der Waals surface area contributed by atoms with Crippen LogP contribution in [0.3, 0.4) is 0 Å². The van der Waals surface area contributed by atoms with Crippen molar-refractivity contribution < 1.29 is 9.53 Å². The van der Waals surface area contributed by atoms with Crippen molar-refractivity contribution in [3.63, 3.8) is 0 Å². The number of hydrogen-bond donors (Lipinski definition) is 1. The Bertz CT molecular complexity index is 1030. The number of benzene rings is 3. The fourth-order valence-corrected chi connectivity index (χ4v) is 3.13. The molecule has 118 valence electrons. The summed E-state index contributed by atoms with van der Waals surface area (Å²) in [5.74, 6) is -0.290. The van der Waals surface area contributed by atoms with Gasteiger partial charge in [-0.3, -0.25) is 0 Å².